The first-order valence-electron chi connectivity index (χ1n) is 10.4. The highest BCUT2D eigenvalue weighted by Gasteiger charge is 2.35. The van der Waals surface area contributed by atoms with E-state index in [-0.39, 0.29) is 18.7 Å². The fraction of sp³-hybridized carbons (Fsp3) is 0.250. The Morgan fingerprint density at radius 2 is 1.53 bits per heavy atom. The zero-order valence-electron chi connectivity index (χ0n) is 17.5. The average Bonchev–Trinajstić information content (AvgIpc) is 2.78. The Morgan fingerprint density at radius 1 is 0.938 bits per heavy atom. The molecule has 4 amide bonds. The molecule has 0 radical (unpaired) electrons. The molecule has 1 aliphatic heterocycles. The number of carbonyl (C=O) groups is 4. The molecule has 0 aromatic heterocycles. The van der Waals surface area contributed by atoms with Gasteiger partial charge in [0.15, 0.2) is 0 Å². The molecule has 0 spiro atoms. The van der Waals surface area contributed by atoms with Gasteiger partial charge in [0.2, 0.25) is 23.6 Å². The van der Waals surface area contributed by atoms with Crippen molar-refractivity contribution in [3.63, 3.8) is 0 Å². The van der Waals surface area contributed by atoms with Crippen molar-refractivity contribution < 1.29 is 19.2 Å². The van der Waals surface area contributed by atoms with E-state index in [0.717, 1.165) is 11.1 Å². The smallest absolute Gasteiger partial charge is 0.243 e. The van der Waals surface area contributed by atoms with E-state index in [2.05, 4.69) is 16.0 Å². The summed E-state index contributed by atoms with van der Waals surface area (Å²) in [5, 5.41) is 7.80. The molecule has 0 aliphatic carbocycles. The van der Waals surface area contributed by atoms with Crippen molar-refractivity contribution in [3.05, 3.63) is 77.9 Å². The third-order valence-corrected chi connectivity index (χ3v) is 5.10. The van der Waals surface area contributed by atoms with E-state index in [1.54, 1.807) is 6.08 Å². The molecule has 5 N–H and O–H groups in total. The zero-order valence-corrected chi connectivity index (χ0v) is 17.5. The van der Waals surface area contributed by atoms with Gasteiger partial charge in [-0.3, -0.25) is 19.2 Å². The normalized spacial score (nSPS) is 19.1. The molecule has 0 unspecified atom stereocenters. The lowest BCUT2D eigenvalue weighted by molar-refractivity contribution is -0.138. The first kappa shape index (κ1) is 22.7. The van der Waals surface area contributed by atoms with Gasteiger partial charge in [0.05, 0.1) is 6.42 Å². The van der Waals surface area contributed by atoms with Crippen LogP contribution in [0.1, 0.15) is 24.0 Å². The molecule has 0 saturated carbocycles. The van der Waals surface area contributed by atoms with Crippen LogP contribution in [0.25, 0.3) is 6.08 Å². The van der Waals surface area contributed by atoms with Crippen molar-refractivity contribution in [3.8, 4) is 0 Å². The van der Waals surface area contributed by atoms with Crippen molar-refractivity contribution in [2.45, 2.75) is 37.4 Å². The van der Waals surface area contributed by atoms with Crippen LogP contribution in [-0.4, -0.2) is 41.8 Å². The van der Waals surface area contributed by atoms with Crippen LogP contribution in [0, 0.1) is 0 Å². The fourth-order valence-corrected chi connectivity index (χ4v) is 3.40. The Labute approximate surface area is 186 Å². The number of primary amides is 1. The van der Waals surface area contributed by atoms with E-state index >= 15 is 0 Å². The SMILES string of the molecule is NC(=O)[C@H](C/C=C/c1ccccc1)NC(=O)C[C@@H]1NC(=O)[C@H](Cc2ccccc2)NC1=O. The van der Waals surface area contributed by atoms with Crippen molar-refractivity contribution in [1.29, 1.82) is 0 Å². The van der Waals surface area contributed by atoms with Crippen LogP contribution < -0.4 is 21.7 Å². The molecule has 3 rings (SSSR count). The second kappa shape index (κ2) is 10.9. The monoisotopic (exact) mass is 434 g/mol. The molecular formula is C24H26N4O4. The fourth-order valence-electron chi connectivity index (χ4n) is 3.40. The van der Waals surface area contributed by atoms with Gasteiger partial charge in [0, 0.05) is 6.42 Å². The molecule has 0 bridgehead atoms. The second-order valence-electron chi connectivity index (χ2n) is 7.59. The van der Waals surface area contributed by atoms with E-state index in [4.69, 9.17) is 5.73 Å². The third kappa shape index (κ3) is 6.53. The number of nitrogens with one attached hydrogen (secondary N) is 3. The van der Waals surface area contributed by atoms with Crippen molar-refractivity contribution >= 4 is 29.7 Å². The molecule has 1 saturated heterocycles. The van der Waals surface area contributed by atoms with Crippen LogP contribution in [0.3, 0.4) is 0 Å². The highest BCUT2D eigenvalue weighted by molar-refractivity contribution is 5.99. The van der Waals surface area contributed by atoms with Crippen LogP contribution in [0.2, 0.25) is 0 Å². The second-order valence-corrected chi connectivity index (χ2v) is 7.59. The van der Waals surface area contributed by atoms with Gasteiger partial charge in [-0.25, -0.2) is 0 Å². The molecule has 32 heavy (non-hydrogen) atoms. The maximum absolute atomic E-state index is 12.4. The minimum atomic E-state index is -1.01. The summed E-state index contributed by atoms with van der Waals surface area (Å²) in [6, 6.07) is 16.2. The number of rotatable bonds is 9. The number of hydrogen-bond acceptors (Lipinski definition) is 4. The minimum absolute atomic E-state index is 0.207. The van der Waals surface area contributed by atoms with Crippen LogP contribution in [-0.2, 0) is 25.6 Å². The number of nitrogens with two attached hydrogens (primary N) is 1. The number of hydrogen-bond donors (Lipinski definition) is 4. The lowest BCUT2D eigenvalue weighted by Crippen LogP contribution is -2.63. The van der Waals surface area contributed by atoms with Crippen LogP contribution >= 0.6 is 0 Å². The van der Waals surface area contributed by atoms with Gasteiger partial charge < -0.3 is 21.7 Å². The number of piperazine rings is 1. The van der Waals surface area contributed by atoms with Crippen molar-refractivity contribution in [1.82, 2.24) is 16.0 Å². The Balaban J connectivity index is 1.51. The maximum atomic E-state index is 12.4. The first-order chi connectivity index (χ1) is 15.4. The van der Waals surface area contributed by atoms with Gasteiger partial charge in [0.1, 0.15) is 18.1 Å². The molecule has 1 fully saturated rings. The van der Waals surface area contributed by atoms with E-state index in [1.807, 2.05) is 66.7 Å². The predicted molar refractivity (Wildman–Crippen MR) is 120 cm³/mol. The van der Waals surface area contributed by atoms with Gasteiger partial charge in [-0.15, -0.1) is 0 Å². The number of amides is 4. The Bertz CT molecular complexity index is 992. The summed E-state index contributed by atoms with van der Waals surface area (Å²) in [5.41, 5.74) is 7.27. The highest BCUT2D eigenvalue weighted by Crippen LogP contribution is 2.09. The first-order valence-corrected chi connectivity index (χ1v) is 10.4. The predicted octanol–water partition coefficient (Wildman–Crippen LogP) is 0.676. The summed E-state index contributed by atoms with van der Waals surface area (Å²) >= 11 is 0. The standard InChI is InChI=1S/C24H26N4O4/c25-22(30)18(13-7-12-16-8-3-1-4-9-16)26-21(29)15-20-24(32)27-19(23(31)28-20)14-17-10-5-2-6-11-17/h1-12,18-20H,13-15H2,(H2,25,30)(H,26,29)(H,27,32)(H,28,31)/b12-7+/t18-,19-,20-/m0/s1. The Kier molecular flexibility index (Phi) is 7.75. The third-order valence-electron chi connectivity index (χ3n) is 5.10. The van der Waals surface area contributed by atoms with E-state index < -0.39 is 35.8 Å². The van der Waals surface area contributed by atoms with E-state index in [1.165, 1.54) is 0 Å². The minimum Gasteiger partial charge on any atom is -0.368 e. The number of benzene rings is 2. The van der Waals surface area contributed by atoms with E-state index in [0.29, 0.717) is 6.42 Å². The molecule has 2 aromatic carbocycles. The quantitative estimate of drug-likeness (QED) is 0.462. The summed E-state index contributed by atoms with van der Waals surface area (Å²) in [5.74, 6) is -2.04. The van der Waals surface area contributed by atoms with Crippen LogP contribution in [0.4, 0.5) is 0 Å². The van der Waals surface area contributed by atoms with Crippen molar-refractivity contribution in [2.24, 2.45) is 5.73 Å². The van der Waals surface area contributed by atoms with E-state index in [9.17, 15) is 19.2 Å². The highest BCUT2D eigenvalue weighted by atomic mass is 16.2. The number of carbonyl (C=O) groups excluding carboxylic acids is 4. The summed E-state index contributed by atoms with van der Waals surface area (Å²) in [4.78, 5) is 49.0. The van der Waals surface area contributed by atoms with Crippen molar-refractivity contribution in [2.75, 3.05) is 0 Å². The van der Waals surface area contributed by atoms with Gasteiger partial charge in [-0.1, -0.05) is 72.8 Å². The lowest BCUT2D eigenvalue weighted by Gasteiger charge is -2.29. The van der Waals surface area contributed by atoms with Gasteiger partial charge in [0.25, 0.3) is 0 Å². The summed E-state index contributed by atoms with van der Waals surface area (Å²) in [6.45, 7) is 0. The Morgan fingerprint density at radius 3 is 2.19 bits per heavy atom. The molecule has 2 aromatic rings. The molecule has 8 heteroatoms. The summed E-state index contributed by atoms with van der Waals surface area (Å²) < 4.78 is 0. The lowest BCUT2D eigenvalue weighted by atomic mass is 10.0. The Hall–Kier alpha value is -3.94. The maximum Gasteiger partial charge on any atom is 0.243 e. The van der Waals surface area contributed by atoms with Gasteiger partial charge >= 0.3 is 0 Å². The molecule has 3 atom stereocenters. The van der Waals surface area contributed by atoms with Gasteiger partial charge in [-0.2, -0.15) is 0 Å². The zero-order chi connectivity index (χ0) is 22.9. The summed E-state index contributed by atoms with van der Waals surface area (Å²) in [7, 11) is 0. The van der Waals surface area contributed by atoms with Gasteiger partial charge in [-0.05, 0) is 17.5 Å². The van der Waals surface area contributed by atoms with Crippen LogP contribution in [0.15, 0.2) is 66.7 Å². The molecule has 1 heterocycles. The molecular weight excluding hydrogens is 408 g/mol. The topological polar surface area (TPSA) is 130 Å². The molecule has 8 nitrogen and oxygen atoms in total. The average molecular weight is 434 g/mol. The summed E-state index contributed by atoms with van der Waals surface area (Å²) in [6.07, 6.45) is 3.84. The van der Waals surface area contributed by atoms with Crippen LogP contribution in [0.5, 0.6) is 0 Å². The largest absolute Gasteiger partial charge is 0.368 e. The molecule has 166 valence electrons. The molecule has 1 aliphatic rings.